The number of ether oxygens (including phenoxy) is 2. The van der Waals surface area contributed by atoms with Gasteiger partial charge in [-0.2, -0.15) is 0 Å². The van der Waals surface area contributed by atoms with Gasteiger partial charge in [0.25, 0.3) is 0 Å². The maximum absolute atomic E-state index is 6.29. The van der Waals surface area contributed by atoms with Crippen LogP contribution in [0.25, 0.3) is 0 Å². The Hall–Kier alpha value is -1.22. The smallest absolute Gasteiger partial charge is 0.120 e. The predicted octanol–water partition coefficient (Wildman–Crippen LogP) is 3.60. The Labute approximate surface area is 115 Å². The average Bonchev–Trinajstić information content (AvgIpc) is 3.08. The van der Waals surface area contributed by atoms with E-state index in [0.717, 1.165) is 18.0 Å². The van der Waals surface area contributed by atoms with Crippen LogP contribution in [0.3, 0.4) is 0 Å². The predicted molar refractivity (Wildman–Crippen MR) is 76.8 cm³/mol. The molecule has 1 aromatic rings. The Kier molecular flexibility index (Phi) is 3.65. The second-order valence-corrected chi connectivity index (χ2v) is 5.78. The lowest BCUT2D eigenvalue weighted by Crippen LogP contribution is -2.27. The van der Waals surface area contributed by atoms with Crippen LogP contribution in [0.5, 0.6) is 5.75 Å². The lowest BCUT2D eigenvalue weighted by atomic mass is 9.98. The Morgan fingerprint density at radius 3 is 2.95 bits per heavy atom. The van der Waals surface area contributed by atoms with E-state index >= 15 is 0 Å². The Morgan fingerprint density at radius 2 is 2.16 bits per heavy atom. The molecule has 1 N–H and O–H groups in total. The van der Waals surface area contributed by atoms with E-state index in [0.29, 0.717) is 6.10 Å². The SMILES string of the molecule is COc1cccc(NCC2CCC3(CCCC3)O2)c1. The van der Waals surface area contributed by atoms with Gasteiger partial charge in [0.15, 0.2) is 0 Å². The molecule has 2 aliphatic rings. The molecular weight excluding hydrogens is 238 g/mol. The summed E-state index contributed by atoms with van der Waals surface area (Å²) >= 11 is 0. The first-order valence-corrected chi connectivity index (χ1v) is 7.35. The summed E-state index contributed by atoms with van der Waals surface area (Å²) in [5.74, 6) is 0.893. The molecule has 0 bridgehead atoms. The van der Waals surface area contributed by atoms with Crippen LogP contribution in [0, 0.1) is 0 Å². The van der Waals surface area contributed by atoms with Crippen molar-refractivity contribution in [2.45, 2.75) is 50.2 Å². The minimum atomic E-state index is 0.237. The molecule has 1 heterocycles. The zero-order chi connectivity index (χ0) is 13.1. The molecule has 0 radical (unpaired) electrons. The highest BCUT2D eigenvalue weighted by atomic mass is 16.5. The maximum Gasteiger partial charge on any atom is 0.120 e. The Balaban J connectivity index is 1.52. The molecule has 1 saturated heterocycles. The lowest BCUT2D eigenvalue weighted by molar-refractivity contribution is -0.0307. The van der Waals surface area contributed by atoms with Crippen molar-refractivity contribution in [3.8, 4) is 5.75 Å². The van der Waals surface area contributed by atoms with E-state index in [1.54, 1.807) is 7.11 Å². The monoisotopic (exact) mass is 261 g/mol. The fourth-order valence-corrected chi connectivity index (χ4v) is 3.39. The summed E-state index contributed by atoms with van der Waals surface area (Å²) in [7, 11) is 1.70. The largest absolute Gasteiger partial charge is 0.497 e. The molecule has 19 heavy (non-hydrogen) atoms. The molecule has 1 aromatic carbocycles. The number of anilines is 1. The van der Waals surface area contributed by atoms with Crippen molar-refractivity contribution >= 4 is 5.69 Å². The van der Waals surface area contributed by atoms with E-state index in [1.807, 2.05) is 18.2 Å². The standard InChI is InChI=1S/C16H23NO2/c1-18-14-6-4-5-13(11-14)17-12-15-7-10-16(19-15)8-2-3-9-16/h4-6,11,15,17H,2-3,7-10,12H2,1H3. The fourth-order valence-electron chi connectivity index (χ4n) is 3.39. The van der Waals surface area contributed by atoms with Crippen LogP contribution in [-0.2, 0) is 4.74 Å². The topological polar surface area (TPSA) is 30.5 Å². The van der Waals surface area contributed by atoms with Crippen LogP contribution in [0.15, 0.2) is 24.3 Å². The van der Waals surface area contributed by atoms with Crippen molar-refractivity contribution in [1.29, 1.82) is 0 Å². The third-order valence-electron chi connectivity index (χ3n) is 4.46. The third-order valence-corrected chi connectivity index (χ3v) is 4.46. The highest BCUT2D eigenvalue weighted by Crippen LogP contribution is 2.43. The number of rotatable bonds is 4. The fraction of sp³-hybridized carbons (Fsp3) is 0.625. The highest BCUT2D eigenvalue weighted by molar-refractivity contribution is 5.48. The van der Waals surface area contributed by atoms with Gasteiger partial charge in [0.05, 0.1) is 18.8 Å². The van der Waals surface area contributed by atoms with Gasteiger partial charge in [-0.05, 0) is 37.8 Å². The van der Waals surface area contributed by atoms with E-state index in [9.17, 15) is 0 Å². The summed E-state index contributed by atoms with van der Waals surface area (Å²) < 4.78 is 11.5. The van der Waals surface area contributed by atoms with Gasteiger partial charge >= 0.3 is 0 Å². The van der Waals surface area contributed by atoms with Crippen LogP contribution in [-0.4, -0.2) is 25.4 Å². The molecule has 3 heteroatoms. The van der Waals surface area contributed by atoms with Crippen molar-refractivity contribution in [3.05, 3.63) is 24.3 Å². The number of benzene rings is 1. The molecule has 3 nitrogen and oxygen atoms in total. The second-order valence-electron chi connectivity index (χ2n) is 5.78. The van der Waals surface area contributed by atoms with Gasteiger partial charge in [0, 0.05) is 18.3 Å². The van der Waals surface area contributed by atoms with Gasteiger partial charge in [0.2, 0.25) is 0 Å². The van der Waals surface area contributed by atoms with E-state index in [2.05, 4.69) is 11.4 Å². The van der Waals surface area contributed by atoms with Crippen molar-refractivity contribution in [1.82, 2.24) is 0 Å². The number of nitrogens with one attached hydrogen (secondary N) is 1. The molecule has 2 fully saturated rings. The van der Waals surface area contributed by atoms with Gasteiger partial charge in [-0.25, -0.2) is 0 Å². The molecule has 3 rings (SSSR count). The molecule has 0 aromatic heterocycles. The van der Waals surface area contributed by atoms with Crippen LogP contribution in [0.2, 0.25) is 0 Å². The first-order valence-electron chi connectivity index (χ1n) is 7.35. The van der Waals surface area contributed by atoms with E-state index < -0.39 is 0 Å². The summed E-state index contributed by atoms with van der Waals surface area (Å²) in [5, 5.41) is 3.46. The quantitative estimate of drug-likeness (QED) is 0.898. The molecule has 1 aliphatic heterocycles. The van der Waals surface area contributed by atoms with E-state index in [4.69, 9.17) is 9.47 Å². The van der Waals surface area contributed by atoms with E-state index in [1.165, 1.54) is 38.5 Å². The van der Waals surface area contributed by atoms with Crippen molar-refractivity contribution in [2.75, 3.05) is 19.0 Å². The van der Waals surface area contributed by atoms with Gasteiger partial charge < -0.3 is 14.8 Å². The van der Waals surface area contributed by atoms with Crippen molar-refractivity contribution in [2.24, 2.45) is 0 Å². The molecule has 104 valence electrons. The van der Waals surface area contributed by atoms with Gasteiger partial charge in [-0.3, -0.25) is 0 Å². The van der Waals surface area contributed by atoms with E-state index in [-0.39, 0.29) is 5.60 Å². The first kappa shape index (κ1) is 12.8. The van der Waals surface area contributed by atoms with Gasteiger partial charge in [0.1, 0.15) is 5.75 Å². The van der Waals surface area contributed by atoms with Gasteiger partial charge in [-0.15, -0.1) is 0 Å². The third kappa shape index (κ3) is 2.86. The van der Waals surface area contributed by atoms with Crippen LogP contribution >= 0.6 is 0 Å². The average molecular weight is 261 g/mol. The molecule has 1 unspecified atom stereocenters. The summed E-state index contributed by atoms with van der Waals surface area (Å²) in [4.78, 5) is 0. The zero-order valence-corrected chi connectivity index (χ0v) is 11.7. The van der Waals surface area contributed by atoms with Crippen LogP contribution in [0.4, 0.5) is 5.69 Å². The molecule has 1 spiro atoms. The highest BCUT2D eigenvalue weighted by Gasteiger charge is 2.41. The van der Waals surface area contributed by atoms with Crippen molar-refractivity contribution in [3.63, 3.8) is 0 Å². The maximum atomic E-state index is 6.29. The number of hydrogen-bond acceptors (Lipinski definition) is 3. The van der Waals surface area contributed by atoms with Gasteiger partial charge in [-0.1, -0.05) is 18.9 Å². The summed E-state index contributed by atoms with van der Waals surface area (Å²) in [6, 6.07) is 8.07. The zero-order valence-electron chi connectivity index (χ0n) is 11.7. The Bertz CT molecular complexity index is 427. The molecule has 1 aliphatic carbocycles. The number of hydrogen-bond donors (Lipinski definition) is 1. The Morgan fingerprint density at radius 1 is 1.32 bits per heavy atom. The number of methoxy groups -OCH3 is 1. The first-order chi connectivity index (χ1) is 9.30. The molecule has 1 saturated carbocycles. The molecule has 1 atom stereocenters. The normalized spacial score (nSPS) is 24.8. The summed E-state index contributed by atoms with van der Waals surface area (Å²) in [6.45, 7) is 0.898. The second kappa shape index (κ2) is 5.41. The summed E-state index contributed by atoms with van der Waals surface area (Å²) in [6.07, 6.45) is 8.02. The van der Waals surface area contributed by atoms with Crippen LogP contribution in [0.1, 0.15) is 38.5 Å². The minimum absolute atomic E-state index is 0.237. The summed E-state index contributed by atoms with van der Waals surface area (Å²) in [5.41, 5.74) is 1.34. The molecular formula is C16H23NO2. The minimum Gasteiger partial charge on any atom is -0.497 e. The van der Waals surface area contributed by atoms with Crippen LogP contribution < -0.4 is 10.1 Å². The molecule has 0 amide bonds. The van der Waals surface area contributed by atoms with Crippen molar-refractivity contribution < 1.29 is 9.47 Å². The lowest BCUT2D eigenvalue weighted by Gasteiger charge is -2.24.